The zero-order valence-electron chi connectivity index (χ0n) is 46.1. The first kappa shape index (κ1) is 54.9. The molecule has 12 heteroatoms. The predicted molar refractivity (Wildman–Crippen MR) is 289 cm³/mol. The van der Waals surface area contributed by atoms with Gasteiger partial charge in [0.1, 0.15) is 30.2 Å². The second kappa shape index (κ2) is 22.2. The highest BCUT2D eigenvalue weighted by Crippen LogP contribution is 2.57. The van der Waals surface area contributed by atoms with Crippen molar-refractivity contribution in [3.05, 3.63) is 149 Å². The molecule has 0 saturated carbocycles. The number of ether oxygens (including phenoxy) is 9. The molecule has 0 N–H and O–H groups in total. The van der Waals surface area contributed by atoms with E-state index in [-0.39, 0.29) is 40.6 Å². The van der Waals surface area contributed by atoms with Crippen molar-refractivity contribution in [2.75, 3.05) is 20.3 Å². The van der Waals surface area contributed by atoms with Gasteiger partial charge in [0.15, 0.2) is 5.60 Å². The zero-order valence-corrected chi connectivity index (χ0v) is 47.1. The van der Waals surface area contributed by atoms with E-state index in [1.54, 1.807) is 7.11 Å². The van der Waals surface area contributed by atoms with Crippen LogP contribution in [0.4, 0.5) is 0 Å². The minimum Gasteiger partial charge on any atom is -0.497 e. The minimum absolute atomic E-state index is 0.147. The molecule has 0 radical (unpaired) electrons. The molecule has 0 aromatic heterocycles. The monoisotopic (exact) mass is 1030 g/mol. The molecule has 11 nitrogen and oxygen atoms in total. The lowest BCUT2D eigenvalue weighted by molar-refractivity contribution is -0.330. The van der Waals surface area contributed by atoms with Crippen LogP contribution in [0.25, 0.3) is 0 Å². The van der Waals surface area contributed by atoms with Crippen LogP contribution in [0.3, 0.4) is 0 Å². The summed E-state index contributed by atoms with van der Waals surface area (Å²) in [5.74, 6) is 1.68. The summed E-state index contributed by atoms with van der Waals surface area (Å²) in [6, 6.07) is 39.0. The molecule has 9 rings (SSSR count). The van der Waals surface area contributed by atoms with E-state index in [1.165, 1.54) is 0 Å². The van der Waals surface area contributed by atoms with Gasteiger partial charge in [-0.25, -0.2) is 0 Å². The Morgan fingerprint density at radius 3 is 1.74 bits per heavy atom. The van der Waals surface area contributed by atoms with E-state index in [1.807, 2.05) is 66.7 Å². The standard InChI is InChI=1S/C62H84O11Si/c1-57(2,3)74(58(4,5)6)68-43-51-50(73-74)37-53-61(9,70-51)38-54(65-40-47-27-29-48(63-11)30-28-47)59(7,72-53)34-33-49-31-32-52-62(10,69-49)56(67-42-46-25-19-14-20-26-46)55(66-41-45-23-17-13-18-24-45)60(8,71-52)35-36-64-39-44-21-15-12-16-22-44/h12-31,50-56H,32-43H2,1-11H3/t50-,51+,52+,53+,54+,55+,56-,59-,60-,61-,62+/m0/s1. The van der Waals surface area contributed by atoms with E-state index in [2.05, 4.69) is 124 Å². The topological polar surface area (TPSA) is 102 Å². The smallest absolute Gasteiger partial charge is 0.349 e. The molecule has 4 saturated heterocycles. The molecule has 4 aromatic carbocycles. The summed E-state index contributed by atoms with van der Waals surface area (Å²) in [7, 11) is -1.07. The summed E-state index contributed by atoms with van der Waals surface area (Å²) in [5.41, 5.74) is 1.31. The minimum atomic E-state index is -2.76. The van der Waals surface area contributed by atoms with Crippen LogP contribution in [0.15, 0.2) is 127 Å². The van der Waals surface area contributed by atoms with E-state index in [0.29, 0.717) is 78.2 Å². The fraction of sp³-hybridized carbons (Fsp3) is 0.581. The average molecular weight is 1030 g/mol. The quantitative estimate of drug-likeness (QED) is 0.0703. The molecule has 5 aliphatic heterocycles. The molecule has 0 unspecified atom stereocenters. The average Bonchev–Trinajstić information content (AvgIpc) is 3.37. The number of hydrogen-bond donors (Lipinski definition) is 0. The number of allylic oxidation sites excluding steroid dienone is 1. The van der Waals surface area contributed by atoms with Crippen molar-refractivity contribution in [2.24, 2.45) is 0 Å². The summed E-state index contributed by atoms with van der Waals surface area (Å²) >= 11 is 0. The Morgan fingerprint density at radius 1 is 0.595 bits per heavy atom. The van der Waals surface area contributed by atoms with Gasteiger partial charge in [0.05, 0.1) is 81.0 Å². The van der Waals surface area contributed by atoms with Gasteiger partial charge in [-0.05, 0) is 81.0 Å². The van der Waals surface area contributed by atoms with E-state index in [4.69, 9.17) is 51.5 Å². The fourth-order valence-electron chi connectivity index (χ4n) is 12.5. The number of hydrogen-bond acceptors (Lipinski definition) is 11. The molecule has 402 valence electrons. The highest BCUT2D eigenvalue weighted by atomic mass is 28.4. The van der Waals surface area contributed by atoms with Crippen molar-refractivity contribution >= 4 is 8.56 Å². The van der Waals surface area contributed by atoms with Gasteiger partial charge in [-0.1, -0.05) is 145 Å². The summed E-state index contributed by atoms with van der Waals surface area (Å²) in [6.07, 6.45) is 3.82. The first-order valence-corrected chi connectivity index (χ1v) is 29.0. The molecule has 0 bridgehead atoms. The summed E-state index contributed by atoms with van der Waals surface area (Å²) in [6.45, 7) is 25.0. The highest BCUT2D eigenvalue weighted by molar-refractivity contribution is 6.73. The van der Waals surface area contributed by atoms with Gasteiger partial charge in [0.25, 0.3) is 0 Å². The van der Waals surface area contributed by atoms with Gasteiger partial charge in [0.2, 0.25) is 0 Å². The Labute approximate surface area is 443 Å². The molecule has 4 aromatic rings. The van der Waals surface area contributed by atoms with E-state index in [9.17, 15) is 0 Å². The molecule has 4 fully saturated rings. The number of rotatable bonds is 18. The Morgan fingerprint density at radius 2 is 1.15 bits per heavy atom. The van der Waals surface area contributed by atoms with Crippen molar-refractivity contribution in [1.82, 2.24) is 0 Å². The normalized spacial score (nSPS) is 32.8. The van der Waals surface area contributed by atoms with E-state index < -0.39 is 43.2 Å². The second-order valence-electron chi connectivity index (χ2n) is 24.4. The van der Waals surface area contributed by atoms with Crippen LogP contribution in [0.1, 0.15) is 130 Å². The Balaban J connectivity index is 0.983. The lowest BCUT2D eigenvalue weighted by Gasteiger charge is -2.61. The lowest BCUT2D eigenvalue weighted by atomic mass is 9.74. The van der Waals surface area contributed by atoms with E-state index >= 15 is 0 Å². The Kier molecular flexibility index (Phi) is 16.5. The number of methoxy groups -OCH3 is 1. The third-order valence-electron chi connectivity index (χ3n) is 16.7. The largest absolute Gasteiger partial charge is 0.497 e. The molecule has 0 aliphatic carbocycles. The van der Waals surface area contributed by atoms with Crippen molar-refractivity contribution in [3.8, 4) is 5.75 Å². The third kappa shape index (κ3) is 11.7. The maximum absolute atomic E-state index is 7.49. The summed E-state index contributed by atoms with van der Waals surface area (Å²) < 4.78 is 76.6. The molecule has 11 atom stereocenters. The first-order valence-electron chi connectivity index (χ1n) is 27.2. The van der Waals surface area contributed by atoms with Gasteiger partial charge < -0.3 is 51.5 Å². The second-order valence-corrected chi connectivity index (χ2v) is 29.2. The molecular weight excluding hydrogens is 949 g/mol. The maximum Gasteiger partial charge on any atom is 0.349 e. The van der Waals surface area contributed by atoms with Crippen molar-refractivity contribution in [3.63, 3.8) is 0 Å². The fourth-order valence-corrected chi connectivity index (χ4v) is 17.5. The summed E-state index contributed by atoms with van der Waals surface area (Å²) in [4.78, 5) is 0. The Hall–Kier alpha value is -3.92. The molecule has 5 heterocycles. The molecule has 5 aliphatic rings. The van der Waals surface area contributed by atoms with Crippen LogP contribution in [-0.4, -0.2) is 94.0 Å². The molecule has 0 amide bonds. The SMILES string of the molecule is COc1ccc(CO[C@@H]2C[C@]3(C)O[C@@H]4CO[Si](C(C)(C)C)(C(C)(C)C)O[C@H]4C[C@H]3O[C@@]2(C)CCC2=CC[C@H]3O[C@@](C)(CCOCc4ccccc4)[C@H](OCc4ccccc4)[C@H](OCc4ccccc4)[C@]3(C)O2)cc1. The van der Waals surface area contributed by atoms with Gasteiger partial charge in [-0.2, -0.15) is 0 Å². The molecule has 74 heavy (non-hydrogen) atoms. The Bertz CT molecular complexity index is 2450. The van der Waals surface area contributed by atoms with Crippen LogP contribution in [-0.2, 0) is 73.2 Å². The van der Waals surface area contributed by atoms with Crippen molar-refractivity contribution in [2.45, 2.75) is 209 Å². The lowest BCUT2D eigenvalue weighted by Crippen LogP contribution is -2.72. The van der Waals surface area contributed by atoms with Gasteiger partial charge in [-0.15, -0.1) is 0 Å². The number of fused-ring (bicyclic) bond motifs is 3. The van der Waals surface area contributed by atoms with Crippen LogP contribution in [0, 0.1) is 0 Å². The van der Waals surface area contributed by atoms with Gasteiger partial charge in [-0.3, -0.25) is 0 Å². The van der Waals surface area contributed by atoms with Crippen LogP contribution < -0.4 is 4.74 Å². The highest BCUT2D eigenvalue weighted by Gasteiger charge is 2.66. The number of benzene rings is 4. The molecular formula is C62H84O11Si. The van der Waals surface area contributed by atoms with Crippen LogP contribution in [0.5, 0.6) is 5.75 Å². The third-order valence-corrected chi connectivity index (χ3v) is 21.8. The van der Waals surface area contributed by atoms with Crippen molar-refractivity contribution in [1.29, 1.82) is 0 Å². The van der Waals surface area contributed by atoms with Crippen molar-refractivity contribution < 1.29 is 51.5 Å². The van der Waals surface area contributed by atoms with Crippen LogP contribution >= 0.6 is 0 Å². The van der Waals surface area contributed by atoms with E-state index in [0.717, 1.165) is 33.8 Å². The van der Waals surface area contributed by atoms with Crippen LogP contribution in [0.2, 0.25) is 10.1 Å². The first-order chi connectivity index (χ1) is 35.2. The molecule has 0 spiro atoms. The summed E-state index contributed by atoms with van der Waals surface area (Å²) in [5, 5.41) is -0.303. The zero-order chi connectivity index (χ0) is 52.4. The predicted octanol–water partition coefficient (Wildman–Crippen LogP) is 12.9. The maximum atomic E-state index is 7.49. The van der Waals surface area contributed by atoms with Gasteiger partial charge >= 0.3 is 8.56 Å². The van der Waals surface area contributed by atoms with Gasteiger partial charge in [0, 0.05) is 42.4 Å².